The number of anilines is 2. The summed E-state index contributed by atoms with van der Waals surface area (Å²) in [5.74, 6) is 0.420. The second kappa shape index (κ2) is 8.98. The van der Waals surface area contributed by atoms with E-state index in [0.717, 1.165) is 5.75 Å². The highest BCUT2D eigenvalue weighted by Gasteiger charge is 2.14. The van der Waals surface area contributed by atoms with Gasteiger partial charge in [0.15, 0.2) is 0 Å². The van der Waals surface area contributed by atoms with E-state index in [2.05, 4.69) is 10.0 Å². The van der Waals surface area contributed by atoms with Gasteiger partial charge in [0.25, 0.3) is 15.9 Å². The van der Waals surface area contributed by atoms with Crippen LogP contribution in [-0.2, 0) is 10.0 Å². The van der Waals surface area contributed by atoms with Crippen molar-refractivity contribution in [2.75, 3.05) is 16.6 Å². The number of halogens is 1. The molecule has 0 saturated heterocycles. The maximum atomic E-state index is 12.4. The predicted octanol–water partition coefficient (Wildman–Crippen LogP) is 4.79. The Morgan fingerprint density at radius 2 is 1.48 bits per heavy atom. The standard InChI is InChI=1S/C21H19ClN2O4S/c1-2-28-19-11-9-17(10-12-19)23-21(25)15-3-7-18(8-4-15)24-29(26,27)20-13-5-16(22)6-14-20/h3-14,24H,2H2,1H3,(H,23,25). The van der Waals surface area contributed by atoms with Gasteiger partial charge in [0.05, 0.1) is 11.5 Å². The largest absolute Gasteiger partial charge is 0.494 e. The van der Waals surface area contributed by atoms with Crippen LogP contribution in [0.2, 0.25) is 5.02 Å². The van der Waals surface area contributed by atoms with Gasteiger partial charge in [-0.1, -0.05) is 11.6 Å². The lowest BCUT2D eigenvalue weighted by molar-refractivity contribution is 0.102. The number of ether oxygens (including phenoxy) is 1. The minimum absolute atomic E-state index is 0.0965. The molecule has 0 aliphatic carbocycles. The molecule has 0 heterocycles. The Morgan fingerprint density at radius 3 is 2.07 bits per heavy atom. The summed E-state index contributed by atoms with van der Waals surface area (Å²) in [5, 5.41) is 3.23. The molecule has 3 aromatic carbocycles. The first-order valence-corrected chi connectivity index (χ1v) is 10.7. The van der Waals surface area contributed by atoms with Crippen LogP contribution in [0.3, 0.4) is 0 Å². The Balaban J connectivity index is 1.66. The van der Waals surface area contributed by atoms with Crippen molar-refractivity contribution in [1.29, 1.82) is 0 Å². The minimum Gasteiger partial charge on any atom is -0.494 e. The Labute approximate surface area is 174 Å². The molecule has 1 amide bonds. The molecule has 3 rings (SSSR count). The fourth-order valence-electron chi connectivity index (χ4n) is 2.52. The average Bonchev–Trinajstić information content (AvgIpc) is 2.70. The summed E-state index contributed by atoms with van der Waals surface area (Å²) >= 11 is 5.79. The van der Waals surface area contributed by atoms with E-state index in [4.69, 9.17) is 16.3 Å². The van der Waals surface area contributed by atoms with Crippen molar-refractivity contribution in [3.8, 4) is 5.75 Å². The highest BCUT2D eigenvalue weighted by molar-refractivity contribution is 7.92. The third-order valence-electron chi connectivity index (χ3n) is 3.95. The molecule has 3 aromatic rings. The fourth-order valence-corrected chi connectivity index (χ4v) is 3.71. The quantitative estimate of drug-likeness (QED) is 0.564. The highest BCUT2D eigenvalue weighted by Crippen LogP contribution is 2.20. The van der Waals surface area contributed by atoms with Crippen molar-refractivity contribution in [3.05, 3.63) is 83.4 Å². The maximum absolute atomic E-state index is 12.4. The van der Waals surface area contributed by atoms with Gasteiger partial charge < -0.3 is 10.1 Å². The number of benzene rings is 3. The first kappa shape index (κ1) is 20.7. The van der Waals surface area contributed by atoms with Crippen LogP contribution in [0.25, 0.3) is 0 Å². The molecule has 29 heavy (non-hydrogen) atoms. The molecule has 0 radical (unpaired) electrons. The van der Waals surface area contributed by atoms with E-state index >= 15 is 0 Å². The lowest BCUT2D eigenvalue weighted by Crippen LogP contribution is -2.14. The van der Waals surface area contributed by atoms with Crippen LogP contribution in [-0.4, -0.2) is 20.9 Å². The molecule has 0 bridgehead atoms. The molecule has 8 heteroatoms. The molecule has 0 aromatic heterocycles. The van der Waals surface area contributed by atoms with Crippen molar-refractivity contribution in [1.82, 2.24) is 0 Å². The molecule has 0 aliphatic heterocycles. The number of carbonyl (C=O) groups is 1. The van der Waals surface area contributed by atoms with Crippen molar-refractivity contribution in [2.45, 2.75) is 11.8 Å². The van der Waals surface area contributed by atoms with E-state index in [9.17, 15) is 13.2 Å². The molecule has 150 valence electrons. The Kier molecular flexibility index (Phi) is 6.41. The number of sulfonamides is 1. The lowest BCUT2D eigenvalue weighted by atomic mass is 10.2. The molecule has 0 saturated carbocycles. The monoisotopic (exact) mass is 430 g/mol. The molecular weight excluding hydrogens is 412 g/mol. The topological polar surface area (TPSA) is 84.5 Å². The number of hydrogen-bond acceptors (Lipinski definition) is 4. The summed E-state index contributed by atoms with van der Waals surface area (Å²) < 4.78 is 32.6. The maximum Gasteiger partial charge on any atom is 0.261 e. The smallest absolute Gasteiger partial charge is 0.261 e. The highest BCUT2D eigenvalue weighted by atomic mass is 35.5. The van der Waals surface area contributed by atoms with Crippen LogP contribution in [0.4, 0.5) is 11.4 Å². The Hall–Kier alpha value is -3.03. The number of hydrogen-bond donors (Lipinski definition) is 2. The number of rotatable bonds is 7. The number of carbonyl (C=O) groups excluding carboxylic acids is 1. The third kappa shape index (κ3) is 5.49. The van der Waals surface area contributed by atoms with E-state index in [1.54, 1.807) is 36.4 Å². The van der Waals surface area contributed by atoms with Gasteiger partial charge in [-0.05, 0) is 79.7 Å². The SMILES string of the molecule is CCOc1ccc(NC(=O)c2ccc(NS(=O)(=O)c3ccc(Cl)cc3)cc2)cc1. The van der Waals surface area contributed by atoms with E-state index in [-0.39, 0.29) is 10.8 Å². The second-order valence-corrected chi connectivity index (χ2v) is 8.17. The van der Waals surface area contributed by atoms with E-state index in [1.807, 2.05) is 6.92 Å². The van der Waals surface area contributed by atoms with Crippen molar-refractivity contribution >= 4 is 38.9 Å². The van der Waals surface area contributed by atoms with Gasteiger partial charge in [0.1, 0.15) is 5.75 Å². The summed E-state index contributed by atoms with van der Waals surface area (Å²) in [6, 6.07) is 19.0. The van der Waals surface area contributed by atoms with E-state index in [0.29, 0.717) is 28.6 Å². The van der Waals surface area contributed by atoms with Crippen LogP contribution in [0, 0.1) is 0 Å². The van der Waals surface area contributed by atoms with E-state index in [1.165, 1.54) is 36.4 Å². The molecule has 0 spiro atoms. The van der Waals surface area contributed by atoms with Gasteiger partial charge in [-0.2, -0.15) is 0 Å². The average molecular weight is 431 g/mol. The van der Waals surface area contributed by atoms with Crippen LogP contribution < -0.4 is 14.8 Å². The molecule has 0 aliphatic rings. The van der Waals surface area contributed by atoms with Gasteiger partial charge in [0, 0.05) is 22.0 Å². The molecule has 0 atom stereocenters. The van der Waals surface area contributed by atoms with E-state index < -0.39 is 10.0 Å². The predicted molar refractivity (Wildman–Crippen MR) is 114 cm³/mol. The Morgan fingerprint density at radius 1 is 0.897 bits per heavy atom. The van der Waals surface area contributed by atoms with Gasteiger partial charge in [-0.25, -0.2) is 8.42 Å². The normalized spacial score (nSPS) is 11.0. The number of amides is 1. The van der Waals surface area contributed by atoms with Crippen LogP contribution in [0.5, 0.6) is 5.75 Å². The van der Waals surface area contributed by atoms with Crippen molar-refractivity contribution < 1.29 is 17.9 Å². The summed E-state index contributed by atoms with van der Waals surface area (Å²) in [4.78, 5) is 12.5. The van der Waals surface area contributed by atoms with Crippen molar-refractivity contribution in [3.63, 3.8) is 0 Å². The molecule has 2 N–H and O–H groups in total. The molecule has 0 fully saturated rings. The summed E-state index contributed by atoms with van der Waals surface area (Å²) in [5.41, 5.74) is 1.37. The first-order valence-electron chi connectivity index (χ1n) is 8.80. The molecule has 6 nitrogen and oxygen atoms in total. The fraction of sp³-hybridized carbons (Fsp3) is 0.0952. The zero-order valence-electron chi connectivity index (χ0n) is 15.6. The molecular formula is C21H19ClN2O4S. The van der Waals surface area contributed by atoms with Gasteiger partial charge in [-0.15, -0.1) is 0 Å². The van der Waals surface area contributed by atoms with Crippen LogP contribution in [0.15, 0.2) is 77.7 Å². The van der Waals surface area contributed by atoms with Crippen molar-refractivity contribution in [2.24, 2.45) is 0 Å². The van der Waals surface area contributed by atoms with Gasteiger partial charge >= 0.3 is 0 Å². The zero-order chi connectivity index (χ0) is 20.9. The van der Waals surface area contributed by atoms with Gasteiger partial charge in [0.2, 0.25) is 0 Å². The first-order chi connectivity index (χ1) is 13.9. The summed E-state index contributed by atoms with van der Waals surface area (Å²) in [6.07, 6.45) is 0. The number of nitrogens with one attached hydrogen (secondary N) is 2. The Bertz CT molecular complexity index is 1080. The zero-order valence-corrected chi connectivity index (χ0v) is 17.1. The van der Waals surface area contributed by atoms with Crippen LogP contribution >= 0.6 is 11.6 Å². The lowest BCUT2D eigenvalue weighted by Gasteiger charge is -2.10. The van der Waals surface area contributed by atoms with Crippen LogP contribution in [0.1, 0.15) is 17.3 Å². The summed E-state index contributed by atoms with van der Waals surface area (Å²) in [6.45, 7) is 2.47. The summed E-state index contributed by atoms with van der Waals surface area (Å²) in [7, 11) is -3.74. The minimum atomic E-state index is -3.74. The third-order valence-corrected chi connectivity index (χ3v) is 5.60. The van der Waals surface area contributed by atoms with Gasteiger partial charge in [-0.3, -0.25) is 9.52 Å². The second-order valence-electron chi connectivity index (χ2n) is 6.05. The molecule has 0 unspecified atom stereocenters.